The summed E-state index contributed by atoms with van der Waals surface area (Å²) in [5.41, 5.74) is 0. The molecule has 6 heavy (non-hydrogen) atoms. The number of nitrogens with one attached hydrogen (secondary N) is 1. The van der Waals surface area contributed by atoms with Crippen LogP contribution >= 0.6 is 0 Å². The van der Waals surface area contributed by atoms with Crippen LogP contribution in [0.15, 0.2) is 0 Å². The highest BCUT2D eigenvalue weighted by molar-refractivity contribution is 4.34. The molecule has 0 saturated heterocycles. The fraction of sp³-hybridized carbons (Fsp3) is 1.00. The molecule has 0 spiro atoms. The predicted molar refractivity (Wildman–Crippen MR) is 23.9 cm³/mol. The fourth-order valence-corrected chi connectivity index (χ4v) is 0.167. The highest BCUT2D eigenvalue weighted by Crippen LogP contribution is 1.87. The maximum Gasteiger partial charge on any atom is 0.0722 e. The molecule has 0 amide bonds. The van der Waals surface area contributed by atoms with E-state index >= 15 is 0 Å². The van der Waals surface area contributed by atoms with Gasteiger partial charge >= 0.3 is 0 Å². The molecule has 2 heteroatoms. The van der Waals surface area contributed by atoms with Gasteiger partial charge < -0.3 is 0 Å². The van der Waals surface area contributed by atoms with Crippen LogP contribution in [0.3, 0.4) is 0 Å². The fourth-order valence-electron chi connectivity index (χ4n) is 0.167. The third-order valence-corrected chi connectivity index (χ3v) is 0.417. The largest absolute Gasteiger partial charge is 0.285 e. The lowest BCUT2D eigenvalue weighted by Crippen LogP contribution is -1.98. The van der Waals surface area contributed by atoms with Gasteiger partial charge in [0.2, 0.25) is 0 Å². The van der Waals surface area contributed by atoms with E-state index in [1.807, 2.05) is 13.8 Å². The van der Waals surface area contributed by atoms with Crippen molar-refractivity contribution >= 4 is 0 Å². The topological polar surface area (TPSA) is 33.0 Å². The maximum absolute atomic E-state index is 6.23. The highest BCUT2D eigenvalue weighted by Gasteiger charge is 1.87. The summed E-state index contributed by atoms with van der Waals surface area (Å²) in [6.07, 6.45) is 0. The van der Waals surface area contributed by atoms with E-state index < -0.39 is 0 Å². The third kappa shape index (κ3) is 3.92. The van der Waals surface area contributed by atoms with E-state index in [2.05, 4.69) is 4.84 Å². The highest BCUT2D eigenvalue weighted by atomic mass is 16.6. The van der Waals surface area contributed by atoms with Gasteiger partial charge in [0, 0.05) is 0 Å². The Labute approximate surface area is 38.2 Å². The van der Waals surface area contributed by atoms with Crippen molar-refractivity contribution in [2.24, 2.45) is 5.92 Å². The van der Waals surface area contributed by atoms with Gasteiger partial charge in [-0.3, -0.25) is 4.84 Å². The molecule has 0 aromatic carbocycles. The van der Waals surface area contributed by atoms with Crippen molar-refractivity contribution in [1.82, 2.24) is 5.90 Å². The van der Waals surface area contributed by atoms with Gasteiger partial charge in [-0.2, -0.15) is 0 Å². The Morgan fingerprint density at radius 1 is 1.67 bits per heavy atom. The summed E-state index contributed by atoms with van der Waals surface area (Å²) in [4.78, 5) is 4.05. The van der Waals surface area contributed by atoms with Crippen LogP contribution in [0, 0.1) is 5.92 Å². The first-order valence-corrected chi connectivity index (χ1v) is 2.06. The van der Waals surface area contributed by atoms with Gasteiger partial charge in [-0.25, -0.2) is 0 Å². The van der Waals surface area contributed by atoms with Crippen molar-refractivity contribution in [3.63, 3.8) is 0 Å². The zero-order chi connectivity index (χ0) is 4.99. The third-order valence-electron chi connectivity index (χ3n) is 0.417. The molecule has 0 saturated carbocycles. The first-order valence-electron chi connectivity index (χ1n) is 2.06. The molecule has 37 valence electrons. The minimum Gasteiger partial charge on any atom is -0.285 e. The maximum atomic E-state index is 6.23. The molecule has 0 rings (SSSR count). The lowest BCUT2D eigenvalue weighted by molar-refractivity contribution is 0.0944. The number of hydrogen-bond acceptors (Lipinski definition) is 1. The van der Waals surface area contributed by atoms with Crippen LogP contribution in [0.4, 0.5) is 0 Å². The summed E-state index contributed by atoms with van der Waals surface area (Å²) in [7, 11) is 0. The Balaban J connectivity index is 2.63. The summed E-state index contributed by atoms with van der Waals surface area (Å²) in [6, 6.07) is 0. The van der Waals surface area contributed by atoms with Gasteiger partial charge in [0.1, 0.15) is 0 Å². The molecule has 1 radical (unpaired) electrons. The molecular weight excluding hydrogens is 78.0 g/mol. The smallest absolute Gasteiger partial charge is 0.0722 e. The molecule has 0 bridgehead atoms. The zero-order valence-corrected chi connectivity index (χ0v) is 4.19. The van der Waals surface area contributed by atoms with Crippen LogP contribution in [0.2, 0.25) is 0 Å². The quantitative estimate of drug-likeness (QED) is 0.461. The minimum atomic E-state index is 0.488. The Kier molecular flexibility index (Phi) is 3.08. The second-order valence-electron chi connectivity index (χ2n) is 1.70. The molecular formula is C4H10NO. The van der Waals surface area contributed by atoms with Crippen LogP contribution in [0.5, 0.6) is 0 Å². The van der Waals surface area contributed by atoms with Crippen molar-refractivity contribution in [3.05, 3.63) is 0 Å². The van der Waals surface area contributed by atoms with Gasteiger partial charge in [0.25, 0.3) is 0 Å². The van der Waals surface area contributed by atoms with Gasteiger partial charge in [0.05, 0.1) is 6.61 Å². The summed E-state index contributed by atoms with van der Waals surface area (Å²) >= 11 is 0. The molecule has 0 atom stereocenters. The van der Waals surface area contributed by atoms with Crippen molar-refractivity contribution < 1.29 is 4.84 Å². The van der Waals surface area contributed by atoms with Crippen LogP contribution < -0.4 is 5.90 Å². The van der Waals surface area contributed by atoms with Crippen LogP contribution in [0.1, 0.15) is 13.8 Å². The second-order valence-corrected chi connectivity index (χ2v) is 1.70. The van der Waals surface area contributed by atoms with E-state index in [-0.39, 0.29) is 0 Å². The Morgan fingerprint density at radius 2 is 2.17 bits per heavy atom. The number of rotatable bonds is 2. The van der Waals surface area contributed by atoms with Crippen LogP contribution in [-0.4, -0.2) is 6.61 Å². The van der Waals surface area contributed by atoms with Crippen LogP contribution in [-0.2, 0) is 4.84 Å². The molecule has 0 aliphatic carbocycles. The summed E-state index contributed by atoms with van der Waals surface area (Å²) < 4.78 is 0. The minimum absolute atomic E-state index is 0.488. The normalized spacial score (nSPS) is 10.0. The molecule has 0 heterocycles. The first-order chi connectivity index (χ1) is 2.77. The number of hydrogen-bond donors (Lipinski definition) is 0. The molecule has 0 aromatic rings. The molecule has 0 aliphatic heterocycles. The van der Waals surface area contributed by atoms with Crippen molar-refractivity contribution in [2.75, 3.05) is 6.61 Å². The van der Waals surface area contributed by atoms with Crippen LogP contribution in [0.25, 0.3) is 0 Å². The molecule has 0 aromatic heterocycles. The molecule has 1 N–H and O–H groups in total. The molecule has 0 fully saturated rings. The van der Waals surface area contributed by atoms with Gasteiger partial charge in [-0.1, -0.05) is 13.8 Å². The van der Waals surface area contributed by atoms with Gasteiger partial charge in [0.15, 0.2) is 0 Å². The summed E-state index contributed by atoms with van der Waals surface area (Å²) in [5, 5.41) is 0. The SMILES string of the molecule is CC(C)CO[NH]. The summed E-state index contributed by atoms with van der Waals surface area (Å²) in [6.45, 7) is 4.56. The van der Waals surface area contributed by atoms with E-state index in [0.717, 1.165) is 0 Å². The van der Waals surface area contributed by atoms with E-state index in [1.54, 1.807) is 0 Å². The van der Waals surface area contributed by atoms with E-state index in [4.69, 9.17) is 5.90 Å². The Morgan fingerprint density at radius 3 is 2.17 bits per heavy atom. The molecule has 2 nitrogen and oxygen atoms in total. The first kappa shape index (κ1) is 5.92. The second kappa shape index (κ2) is 3.12. The Hall–Kier alpha value is -0.0800. The lowest BCUT2D eigenvalue weighted by atomic mass is 10.2. The average Bonchev–Trinajstić information content (AvgIpc) is 1.35. The predicted octanol–water partition coefficient (Wildman–Crippen LogP) is 0.857. The van der Waals surface area contributed by atoms with Crippen molar-refractivity contribution in [1.29, 1.82) is 0 Å². The lowest BCUT2D eigenvalue weighted by Gasteiger charge is -1.95. The van der Waals surface area contributed by atoms with Gasteiger partial charge in [-0.05, 0) is 5.92 Å². The van der Waals surface area contributed by atoms with Crippen molar-refractivity contribution in [3.8, 4) is 0 Å². The van der Waals surface area contributed by atoms with E-state index in [9.17, 15) is 0 Å². The van der Waals surface area contributed by atoms with E-state index in [1.165, 1.54) is 0 Å². The average molecular weight is 88.1 g/mol. The van der Waals surface area contributed by atoms with Gasteiger partial charge in [-0.15, -0.1) is 5.90 Å². The van der Waals surface area contributed by atoms with E-state index in [0.29, 0.717) is 12.5 Å². The standard InChI is InChI=1S/C4H10NO/c1-4(2)3-6-5/h4-5H,3H2,1-2H3. The Bertz CT molecular complexity index is 28.7. The monoisotopic (exact) mass is 88.1 g/mol. The van der Waals surface area contributed by atoms with Crippen molar-refractivity contribution in [2.45, 2.75) is 13.8 Å². The summed E-state index contributed by atoms with van der Waals surface area (Å²) in [5.74, 6) is 6.72. The molecule has 0 aliphatic rings. The zero-order valence-electron chi connectivity index (χ0n) is 4.19. The molecule has 0 unspecified atom stereocenters.